The van der Waals surface area contributed by atoms with Crippen LogP contribution in [-0.4, -0.2) is 46.4 Å². The van der Waals surface area contributed by atoms with Crippen molar-refractivity contribution in [2.24, 2.45) is 4.99 Å². The van der Waals surface area contributed by atoms with E-state index in [1.807, 2.05) is 39.8 Å². The molecule has 0 aromatic heterocycles. The van der Waals surface area contributed by atoms with E-state index in [4.69, 9.17) is 9.47 Å². The number of hydrogen-bond acceptors (Lipinski definition) is 7. The van der Waals surface area contributed by atoms with Crippen molar-refractivity contribution in [1.82, 2.24) is 10.2 Å². The molecule has 1 aromatic carbocycles. The summed E-state index contributed by atoms with van der Waals surface area (Å²) in [6, 6.07) is 4.30. The van der Waals surface area contributed by atoms with Gasteiger partial charge in [-0.25, -0.2) is 19.0 Å². The third-order valence-corrected chi connectivity index (χ3v) is 6.41. The summed E-state index contributed by atoms with van der Waals surface area (Å²) in [5, 5.41) is 12.5. The molecule has 2 rings (SSSR count). The number of hydrogen-bond donors (Lipinski definition) is 2. The molecule has 10 heteroatoms. The Morgan fingerprint density at radius 1 is 1.16 bits per heavy atom. The number of aliphatic imine (C=N–C) groups is 1. The molecular formula is C34H44FN3O6. The minimum absolute atomic E-state index is 0.105. The van der Waals surface area contributed by atoms with Crippen LogP contribution in [0.25, 0.3) is 0 Å². The van der Waals surface area contributed by atoms with E-state index in [2.05, 4.69) is 10.3 Å². The predicted molar refractivity (Wildman–Crippen MR) is 169 cm³/mol. The average molecular weight is 610 g/mol. The number of imide groups is 1. The van der Waals surface area contributed by atoms with Gasteiger partial charge in [0.25, 0.3) is 0 Å². The van der Waals surface area contributed by atoms with Crippen molar-refractivity contribution in [2.45, 2.75) is 86.8 Å². The number of halogens is 1. The first-order valence-corrected chi connectivity index (χ1v) is 14.6. The van der Waals surface area contributed by atoms with Crippen molar-refractivity contribution in [3.63, 3.8) is 0 Å². The lowest BCUT2D eigenvalue weighted by Gasteiger charge is -2.25. The molecule has 2 amide bonds. The summed E-state index contributed by atoms with van der Waals surface area (Å²) < 4.78 is 26.2. The van der Waals surface area contributed by atoms with E-state index in [0.29, 0.717) is 25.2 Å². The van der Waals surface area contributed by atoms with Crippen LogP contribution >= 0.6 is 0 Å². The average Bonchev–Trinajstić information content (AvgIpc) is 3.41. The third kappa shape index (κ3) is 10.1. The van der Waals surface area contributed by atoms with E-state index < -0.39 is 29.4 Å². The maximum atomic E-state index is 14.7. The molecular weight excluding hydrogens is 565 g/mol. The molecule has 0 spiro atoms. The quantitative estimate of drug-likeness (QED) is 0.248. The summed E-state index contributed by atoms with van der Waals surface area (Å²) in [6.07, 6.45) is 10.1. The first kappa shape index (κ1) is 35.7. The Kier molecular flexibility index (Phi) is 13.3. The molecule has 1 fully saturated rings. The van der Waals surface area contributed by atoms with Gasteiger partial charge in [-0.2, -0.15) is 4.90 Å². The summed E-state index contributed by atoms with van der Waals surface area (Å²) in [5.74, 6) is -1.77. The van der Waals surface area contributed by atoms with Crippen LogP contribution in [0.4, 0.5) is 9.18 Å². The number of nitrogens with zero attached hydrogens (tertiary/aromatic N) is 2. The van der Waals surface area contributed by atoms with Gasteiger partial charge in [0, 0.05) is 48.5 Å². The lowest BCUT2D eigenvalue weighted by Crippen LogP contribution is -2.38. The van der Waals surface area contributed by atoms with Crippen LogP contribution in [0.1, 0.15) is 90.6 Å². The number of carbonyl (C=O) groups is 3. The molecule has 1 heterocycles. The van der Waals surface area contributed by atoms with Crippen LogP contribution < -0.4 is 5.32 Å². The van der Waals surface area contributed by atoms with Crippen molar-refractivity contribution in [2.75, 3.05) is 6.61 Å². The molecule has 0 unspecified atom stereocenters. The van der Waals surface area contributed by atoms with Crippen LogP contribution in [0.15, 0.2) is 81.5 Å². The summed E-state index contributed by atoms with van der Waals surface area (Å²) in [6.45, 7) is 14.7. The zero-order valence-corrected chi connectivity index (χ0v) is 26.9. The first-order valence-electron chi connectivity index (χ1n) is 14.6. The molecule has 238 valence electrons. The van der Waals surface area contributed by atoms with E-state index in [1.165, 1.54) is 25.3 Å². The Bertz CT molecular complexity index is 1430. The lowest BCUT2D eigenvalue weighted by atomic mass is 9.99. The van der Waals surface area contributed by atoms with Crippen molar-refractivity contribution >= 4 is 24.2 Å². The molecule has 2 N–H and O–H groups in total. The van der Waals surface area contributed by atoms with Gasteiger partial charge in [-0.15, -0.1) is 0 Å². The van der Waals surface area contributed by atoms with Crippen molar-refractivity contribution < 1.29 is 33.4 Å². The summed E-state index contributed by atoms with van der Waals surface area (Å²) in [5.41, 5.74) is 2.43. The van der Waals surface area contributed by atoms with Crippen LogP contribution in [-0.2, 0) is 20.8 Å². The molecule has 0 aliphatic carbocycles. The monoisotopic (exact) mass is 609 g/mol. The normalized spacial score (nSPS) is 16.7. The smallest absolute Gasteiger partial charge is 0.422 e. The van der Waals surface area contributed by atoms with E-state index in [1.54, 1.807) is 39.0 Å². The molecule has 1 aromatic rings. The van der Waals surface area contributed by atoms with Gasteiger partial charge >= 0.3 is 12.1 Å². The van der Waals surface area contributed by atoms with Crippen LogP contribution in [0, 0.1) is 5.82 Å². The Morgan fingerprint density at radius 3 is 2.45 bits per heavy atom. The fourth-order valence-corrected chi connectivity index (χ4v) is 4.28. The third-order valence-electron chi connectivity index (χ3n) is 6.41. The second kappa shape index (κ2) is 16.4. The van der Waals surface area contributed by atoms with E-state index in [-0.39, 0.29) is 23.5 Å². The van der Waals surface area contributed by atoms with Gasteiger partial charge in [-0.05, 0) is 71.3 Å². The number of carboxylic acids is 1. The molecule has 0 radical (unpaired) electrons. The summed E-state index contributed by atoms with van der Waals surface area (Å²) >= 11 is 0. The predicted octanol–water partition coefficient (Wildman–Crippen LogP) is 7.58. The highest BCUT2D eigenvalue weighted by Crippen LogP contribution is 2.32. The number of carbonyl (C=O) groups excluding carboxylic acids is 2. The molecule has 0 bridgehead atoms. The van der Waals surface area contributed by atoms with Crippen molar-refractivity contribution in [1.29, 1.82) is 0 Å². The zero-order chi connectivity index (χ0) is 33.0. The topological polar surface area (TPSA) is 118 Å². The van der Waals surface area contributed by atoms with E-state index >= 15 is 0 Å². The van der Waals surface area contributed by atoms with Gasteiger partial charge in [0.2, 0.25) is 5.91 Å². The molecule has 1 aliphatic rings. The minimum Gasteiger partial charge on any atom is -0.492 e. The minimum atomic E-state index is -1.32. The number of rotatable bonds is 11. The van der Waals surface area contributed by atoms with E-state index in [0.717, 1.165) is 33.7 Å². The van der Waals surface area contributed by atoms with Gasteiger partial charge < -0.3 is 19.9 Å². The Balaban J connectivity index is 2.45. The number of amides is 2. The number of ether oxygens (including phenoxy) is 2. The molecule has 44 heavy (non-hydrogen) atoms. The molecule has 1 aliphatic heterocycles. The Labute approximate surface area is 259 Å². The summed E-state index contributed by atoms with van der Waals surface area (Å²) in [4.78, 5) is 41.9. The Hall–Kier alpha value is -4.47. The highest BCUT2D eigenvalue weighted by molar-refractivity contribution is 5.93. The second-order valence-corrected chi connectivity index (χ2v) is 11.1. The maximum Gasteiger partial charge on any atom is 0.422 e. The van der Waals surface area contributed by atoms with Gasteiger partial charge in [-0.3, -0.25) is 4.79 Å². The maximum absolute atomic E-state index is 14.7. The molecule has 0 atom stereocenters. The Morgan fingerprint density at radius 2 is 1.86 bits per heavy atom. The molecule has 1 saturated heterocycles. The standard InChI is InChI=1S/C34H44FN3O6/c1-9-11-15-26(22(3)17-19-36-29(13-10-2)38(24(5)39)33(42)44-34(6,7)8)31-27(18-20-43-31)23(4)37-21-25-14-12-16-28(30(25)35)32(40)41/h11-17,19,37H,9-10,18,20-21H2,1-8H3,(H,40,41)/b15-11+,22-17+,27-23+,29-13-,31-26?,36-19-. The van der Waals surface area contributed by atoms with Crippen LogP contribution in [0.5, 0.6) is 0 Å². The SMILES string of the molecule is CC/C=C(/N=C\C=C(/C)C(/C=C/CC)=C1OCC/C1=C(/C)NCc1cccc(C(=O)O)c1F)N(C(C)=O)C(=O)OC(C)(C)C. The van der Waals surface area contributed by atoms with Gasteiger partial charge in [0.15, 0.2) is 0 Å². The van der Waals surface area contributed by atoms with Crippen LogP contribution in [0.3, 0.4) is 0 Å². The highest BCUT2D eigenvalue weighted by Gasteiger charge is 2.28. The van der Waals surface area contributed by atoms with Gasteiger partial charge in [0.05, 0.1) is 12.2 Å². The van der Waals surface area contributed by atoms with Crippen molar-refractivity contribution in [3.05, 3.63) is 93.4 Å². The zero-order valence-electron chi connectivity index (χ0n) is 26.9. The lowest BCUT2D eigenvalue weighted by molar-refractivity contribution is -0.126. The fraction of sp³-hybridized carbons (Fsp3) is 0.412. The van der Waals surface area contributed by atoms with Crippen molar-refractivity contribution in [3.8, 4) is 0 Å². The first-order chi connectivity index (χ1) is 20.7. The number of carboxylic acid groups (broad SMARTS) is 1. The van der Waals surface area contributed by atoms with Gasteiger partial charge in [-0.1, -0.05) is 38.1 Å². The summed E-state index contributed by atoms with van der Waals surface area (Å²) in [7, 11) is 0. The number of benzene rings is 1. The van der Waals surface area contributed by atoms with Gasteiger partial charge in [0.1, 0.15) is 23.0 Å². The fourth-order valence-electron chi connectivity index (χ4n) is 4.28. The molecule has 9 nitrogen and oxygen atoms in total. The van der Waals surface area contributed by atoms with Crippen LogP contribution in [0.2, 0.25) is 0 Å². The largest absolute Gasteiger partial charge is 0.492 e. The second-order valence-electron chi connectivity index (χ2n) is 11.1. The highest BCUT2D eigenvalue weighted by atomic mass is 19.1. The van der Waals surface area contributed by atoms with E-state index in [9.17, 15) is 23.9 Å². The number of nitrogens with one attached hydrogen (secondary N) is 1. The molecule has 0 saturated carbocycles. The number of allylic oxidation sites excluding steroid dienone is 8. The number of aromatic carboxylic acids is 1.